The number of amidine groups is 1. The van der Waals surface area contributed by atoms with Crippen molar-refractivity contribution in [3.05, 3.63) is 22.7 Å². The third-order valence-corrected chi connectivity index (χ3v) is 4.19. The van der Waals surface area contributed by atoms with E-state index in [1.807, 2.05) is 0 Å². The summed E-state index contributed by atoms with van der Waals surface area (Å²) < 4.78 is 27.4. The Kier molecular flexibility index (Phi) is 2.11. The average molecular weight is 275 g/mol. The van der Waals surface area contributed by atoms with Gasteiger partial charge >= 0.3 is 0 Å². The molecular formula is C8H7BrN2O2S. The average Bonchev–Trinajstić information content (AvgIpc) is 2.00. The van der Waals surface area contributed by atoms with Crippen molar-refractivity contribution in [1.29, 1.82) is 0 Å². The number of hydrogen-bond acceptors (Lipinski definition) is 3. The molecule has 1 aromatic carbocycles. The Morgan fingerprint density at radius 1 is 1.43 bits per heavy atom. The summed E-state index contributed by atoms with van der Waals surface area (Å²) in [6, 6.07) is 5.15. The lowest BCUT2D eigenvalue weighted by molar-refractivity contribution is 0.597. The van der Waals surface area contributed by atoms with Crippen LogP contribution < -0.4 is 5.32 Å². The standard InChI is InChI=1S/C8H7BrN2O2S/c1-5-10-7-4-2-3-6(9)8(7)14(12,13)11-5/h2-4H,1H3,(H,10,11). The number of rotatable bonds is 0. The number of sulfonamides is 1. The Morgan fingerprint density at radius 2 is 2.14 bits per heavy atom. The second-order valence-corrected chi connectivity index (χ2v) is 5.29. The zero-order valence-corrected chi connectivity index (χ0v) is 9.68. The predicted octanol–water partition coefficient (Wildman–Crippen LogP) is 1.98. The lowest BCUT2D eigenvalue weighted by Gasteiger charge is -2.16. The smallest absolute Gasteiger partial charge is 0.287 e. The van der Waals surface area contributed by atoms with E-state index in [0.29, 0.717) is 16.0 Å². The summed E-state index contributed by atoms with van der Waals surface area (Å²) in [6.07, 6.45) is 0. The number of hydrogen-bond donors (Lipinski definition) is 1. The normalized spacial score (nSPS) is 18.0. The van der Waals surface area contributed by atoms with Crippen LogP contribution in [-0.4, -0.2) is 14.3 Å². The van der Waals surface area contributed by atoms with Gasteiger partial charge in [-0.15, -0.1) is 4.40 Å². The third kappa shape index (κ3) is 1.44. The molecule has 0 fully saturated rings. The third-order valence-electron chi connectivity index (χ3n) is 1.80. The Morgan fingerprint density at radius 3 is 2.86 bits per heavy atom. The molecule has 0 atom stereocenters. The van der Waals surface area contributed by atoms with Crippen LogP contribution in [0.4, 0.5) is 5.69 Å². The van der Waals surface area contributed by atoms with Crippen molar-refractivity contribution in [3.63, 3.8) is 0 Å². The van der Waals surface area contributed by atoms with E-state index < -0.39 is 10.0 Å². The maximum atomic E-state index is 11.6. The van der Waals surface area contributed by atoms with E-state index in [0.717, 1.165) is 0 Å². The first kappa shape index (κ1) is 9.67. The quantitative estimate of drug-likeness (QED) is 0.787. The van der Waals surface area contributed by atoms with Crippen molar-refractivity contribution in [2.24, 2.45) is 4.40 Å². The van der Waals surface area contributed by atoms with Gasteiger partial charge in [0, 0.05) is 4.47 Å². The van der Waals surface area contributed by atoms with Gasteiger partial charge in [0.25, 0.3) is 10.0 Å². The van der Waals surface area contributed by atoms with Crippen LogP contribution in [0, 0.1) is 0 Å². The van der Waals surface area contributed by atoms with Gasteiger partial charge < -0.3 is 5.32 Å². The van der Waals surface area contributed by atoms with Crippen molar-refractivity contribution < 1.29 is 8.42 Å². The minimum Gasteiger partial charge on any atom is -0.342 e. The summed E-state index contributed by atoms with van der Waals surface area (Å²) >= 11 is 3.19. The zero-order chi connectivity index (χ0) is 10.3. The number of nitrogens with zero attached hydrogens (tertiary/aromatic N) is 1. The van der Waals surface area contributed by atoms with Crippen LogP contribution in [0.25, 0.3) is 0 Å². The largest absolute Gasteiger partial charge is 0.342 e. The topological polar surface area (TPSA) is 58.5 Å². The molecule has 0 aromatic heterocycles. The van der Waals surface area contributed by atoms with Crippen LogP contribution in [0.1, 0.15) is 6.92 Å². The number of anilines is 1. The molecule has 1 aromatic rings. The van der Waals surface area contributed by atoms with E-state index in [4.69, 9.17) is 0 Å². The van der Waals surface area contributed by atoms with Crippen molar-refractivity contribution in [1.82, 2.24) is 0 Å². The van der Waals surface area contributed by atoms with Crippen LogP contribution in [0.15, 0.2) is 32.0 Å². The van der Waals surface area contributed by atoms with Crippen LogP contribution >= 0.6 is 15.9 Å². The van der Waals surface area contributed by atoms with E-state index in [-0.39, 0.29) is 4.90 Å². The maximum absolute atomic E-state index is 11.6. The zero-order valence-electron chi connectivity index (χ0n) is 7.28. The Hall–Kier alpha value is -0.880. The molecule has 0 bridgehead atoms. The minimum atomic E-state index is -3.54. The summed E-state index contributed by atoms with van der Waals surface area (Å²) in [4.78, 5) is 0.200. The van der Waals surface area contributed by atoms with Crippen molar-refractivity contribution in [3.8, 4) is 0 Å². The second-order valence-electron chi connectivity index (χ2n) is 2.89. The SMILES string of the molecule is CC1=NS(=O)(=O)c2c(Br)cccc2N1. The fourth-order valence-electron chi connectivity index (χ4n) is 1.31. The van der Waals surface area contributed by atoms with Gasteiger partial charge in [-0.25, -0.2) is 0 Å². The fraction of sp³-hybridized carbons (Fsp3) is 0.125. The van der Waals surface area contributed by atoms with Crippen LogP contribution in [0.2, 0.25) is 0 Å². The van der Waals surface area contributed by atoms with Crippen molar-refractivity contribution in [2.45, 2.75) is 11.8 Å². The molecule has 1 aliphatic heterocycles. The molecule has 4 nitrogen and oxygen atoms in total. The first-order valence-electron chi connectivity index (χ1n) is 3.88. The van der Waals surface area contributed by atoms with E-state index in [9.17, 15) is 8.42 Å². The molecule has 0 unspecified atom stereocenters. The molecule has 6 heteroatoms. The van der Waals surface area contributed by atoms with Crippen LogP contribution in [0.3, 0.4) is 0 Å². The van der Waals surface area contributed by atoms with Gasteiger partial charge in [-0.1, -0.05) is 6.07 Å². The summed E-state index contributed by atoms with van der Waals surface area (Å²) in [5.74, 6) is 0.385. The molecule has 0 amide bonds. The van der Waals surface area contributed by atoms with Crippen LogP contribution in [-0.2, 0) is 10.0 Å². The number of benzene rings is 1. The first-order chi connectivity index (χ1) is 6.50. The summed E-state index contributed by atoms with van der Waals surface area (Å²) in [6.45, 7) is 1.61. The van der Waals surface area contributed by atoms with Crippen molar-refractivity contribution >= 4 is 37.5 Å². The van der Waals surface area contributed by atoms with Gasteiger partial charge in [-0.3, -0.25) is 0 Å². The highest BCUT2D eigenvalue weighted by Crippen LogP contribution is 2.33. The predicted molar refractivity (Wildman–Crippen MR) is 58.1 cm³/mol. The molecule has 74 valence electrons. The molecule has 0 radical (unpaired) electrons. The van der Waals surface area contributed by atoms with Gasteiger partial charge in [-0.05, 0) is 35.0 Å². The molecule has 1 aliphatic rings. The monoisotopic (exact) mass is 274 g/mol. The van der Waals surface area contributed by atoms with Gasteiger partial charge in [-0.2, -0.15) is 8.42 Å². The molecule has 0 aliphatic carbocycles. The Balaban J connectivity index is 2.79. The van der Waals surface area contributed by atoms with E-state index in [1.165, 1.54) is 0 Å². The molecule has 14 heavy (non-hydrogen) atoms. The fourth-order valence-corrected chi connectivity index (χ4v) is 3.50. The van der Waals surface area contributed by atoms with Crippen molar-refractivity contribution in [2.75, 3.05) is 5.32 Å². The van der Waals surface area contributed by atoms with Gasteiger partial charge in [0.1, 0.15) is 10.7 Å². The molecular weight excluding hydrogens is 268 g/mol. The van der Waals surface area contributed by atoms with Gasteiger partial charge in [0.15, 0.2) is 0 Å². The molecule has 0 saturated carbocycles. The second kappa shape index (κ2) is 3.06. The first-order valence-corrected chi connectivity index (χ1v) is 6.11. The molecule has 2 rings (SSSR count). The van der Waals surface area contributed by atoms with E-state index in [1.54, 1.807) is 25.1 Å². The van der Waals surface area contributed by atoms with Crippen LogP contribution in [0.5, 0.6) is 0 Å². The molecule has 1 heterocycles. The van der Waals surface area contributed by atoms with E-state index >= 15 is 0 Å². The molecule has 1 N–H and O–H groups in total. The highest BCUT2D eigenvalue weighted by molar-refractivity contribution is 9.10. The number of halogens is 1. The lowest BCUT2D eigenvalue weighted by atomic mass is 10.3. The summed E-state index contributed by atoms with van der Waals surface area (Å²) in [5, 5.41) is 2.90. The lowest BCUT2D eigenvalue weighted by Crippen LogP contribution is -2.18. The highest BCUT2D eigenvalue weighted by Gasteiger charge is 2.25. The molecule has 0 saturated heterocycles. The minimum absolute atomic E-state index is 0.200. The highest BCUT2D eigenvalue weighted by atomic mass is 79.9. The molecule has 0 spiro atoms. The summed E-state index contributed by atoms with van der Waals surface area (Å²) in [5.41, 5.74) is 0.562. The van der Waals surface area contributed by atoms with Gasteiger partial charge in [0.2, 0.25) is 0 Å². The Labute approximate surface area is 90.2 Å². The Bertz CT molecular complexity index is 522. The van der Waals surface area contributed by atoms with E-state index in [2.05, 4.69) is 25.6 Å². The number of fused-ring (bicyclic) bond motifs is 1. The maximum Gasteiger partial charge on any atom is 0.287 e. The summed E-state index contributed by atoms with van der Waals surface area (Å²) in [7, 11) is -3.54. The number of nitrogens with one attached hydrogen (secondary N) is 1. The van der Waals surface area contributed by atoms with Gasteiger partial charge in [0.05, 0.1) is 5.69 Å².